The highest BCUT2D eigenvalue weighted by molar-refractivity contribution is 5.85. The summed E-state index contributed by atoms with van der Waals surface area (Å²) >= 11 is 0. The zero-order valence-corrected chi connectivity index (χ0v) is 13.2. The fraction of sp³-hybridized carbons (Fsp3) is 0.167. The zero-order valence-electron chi connectivity index (χ0n) is 13.2. The second-order valence-corrected chi connectivity index (χ2v) is 5.73. The second-order valence-electron chi connectivity index (χ2n) is 5.73. The molecule has 1 aliphatic heterocycles. The molecule has 114 valence electrons. The first-order chi connectivity index (χ1) is 11.1. The summed E-state index contributed by atoms with van der Waals surface area (Å²) in [6.45, 7) is 6.32. The van der Waals surface area contributed by atoms with Crippen molar-refractivity contribution in [1.29, 1.82) is 0 Å². The number of nitrogens with zero attached hydrogens (tertiary/aromatic N) is 4. The molecule has 0 amide bonds. The molecule has 0 saturated heterocycles. The first kappa shape index (κ1) is 13.7. The molecule has 5 nitrogen and oxygen atoms in total. The van der Waals surface area contributed by atoms with Crippen molar-refractivity contribution >= 4 is 17.2 Å². The number of ether oxygens (including phenoxy) is 1. The molecule has 0 atom stereocenters. The number of aryl methyl sites for hydroxylation is 3. The van der Waals surface area contributed by atoms with Crippen LogP contribution in [0.4, 0.5) is 17.2 Å². The number of anilines is 3. The maximum Gasteiger partial charge on any atom is 0.243 e. The molecule has 4 rings (SSSR count). The third kappa shape index (κ3) is 2.12. The van der Waals surface area contributed by atoms with E-state index < -0.39 is 0 Å². The summed E-state index contributed by atoms with van der Waals surface area (Å²) in [4.78, 5) is 6.44. The van der Waals surface area contributed by atoms with E-state index in [0.717, 1.165) is 11.4 Å². The molecule has 0 N–H and O–H groups in total. The number of aromatic nitrogens is 3. The SMILES string of the molecule is Cc1cc(C)c(N2c3cccnc3Oc3ccnnc32)c(C)c1. The standard InChI is InChI=1S/C18H16N4O/c1-11-9-12(2)16(13(3)10-11)22-14-5-4-7-19-18(14)23-15-6-8-20-21-17(15)22/h4-10H,1-3H3. The van der Waals surface area contributed by atoms with Crippen molar-refractivity contribution in [3.63, 3.8) is 0 Å². The lowest BCUT2D eigenvalue weighted by Crippen LogP contribution is -2.20. The molecule has 3 heterocycles. The van der Waals surface area contributed by atoms with E-state index in [2.05, 4.69) is 53.0 Å². The number of fused-ring (bicyclic) bond motifs is 2. The van der Waals surface area contributed by atoms with Crippen LogP contribution in [0, 0.1) is 20.8 Å². The van der Waals surface area contributed by atoms with E-state index in [9.17, 15) is 0 Å². The van der Waals surface area contributed by atoms with Crippen molar-refractivity contribution in [2.45, 2.75) is 20.8 Å². The molecule has 0 aliphatic carbocycles. The largest absolute Gasteiger partial charge is 0.433 e. The van der Waals surface area contributed by atoms with Crippen LogP contribution in [-0.2, 0) is 0 Å². The van der Waals surface area contributed by atoms with Gasteiger partial charge in [-0.05, 0) is 44.0 Å². The lowest BCUT2D eigenvalue weighted by atomic mass is 10.0. The lowest BCUT2D eigenvalue weighted by molar-refractivity contribution is 0.453. The summed E-state index contributed by atoms with van der Waals surface area (Å²) in [6, 6.07) is 10.0. The molecule has 2 aromatic heterocycles. The Morgan fingerprint density at radius 3 is 2.57 bits per heavy atom. The van der Waals surface area contributed by atoms with E-state index >= 15 is 0 Å². The van der Waals surface area contributed by atoms with E-state index in [0.29, 0.717) is 17.4 Å². The van der Waals surface area contributed by atoms with Gasteiger partial charge in [0.15, 0.2) is 5.75 Å². The fourth-order valence-electron chi connectivity index (χ4n) is 3.15. The van der Waals surface area contributed by atoms with Crippen molar-refractivity contribution < 1.29 is 4.74 Å². The van der Waals surface area contributed by atoms with Crippen LogP contribution in [0.3, 0.4) is 0 Å². The summed E-state index contributed by atoms with van der Waals surface area (Å²) in [5.74, 6) is 1.92. The molecule has 1 aliphatic rings. The van der Waals surface area contributed by atoms with Gasteiger partial charge >= 0.3 is 0 Å². The summed E-state index contributed by atoms with van der Waals surface area (Å²) in [5, 5.41) is 8.34. The normalized spacial score (nSPS) is 12.4. The molecule has 5 heteroatoms. The van der Waals surface area contributed by atoms with Gasteiger partial charge in [0.25, 0.3) is 0 Å². The van der Waals surface area contributed by atoms with Crippen molar-refractivity contribution in [3.05, 3.63) is 59.4 Å². The predicted molar refractivity (Wildman–Crippen MR) is 88.8 cm³/mol. The van der Waals surface area contributed by atoms with Crippen molar-refractivity contribution in [3.8, 4) is 11.6 Å². The van der Waals surface area contributed by atoms with Crippen LogP contribution in [0.15, 0.2) is 42.7 Å². The molecule has 0 unspecified atom stereocenters. The maximum atomic E-state index is 5.88. The van der Waals surface area contributed by atoms with Crippen LogP contribution in [-0.4, -0.2) is 15.2 Å². The molecule has 0 fully saturated rings. The molecular weight excluding hydrogens is 288 g/mol. The van der Waals surface area contributed by atoms with Crippen LogP contribution in [0.1, 0.15) is 16.7 Å². The predicted octanol–water partition coefficient (Wildman–Crippen LogP) is 4.37. The molecule has 23 heavy (non-hydrogen) atoms. The van der Waals surface area contributed by atoms with E-state index in [-0.39, 0.29) is 0 Å². The van der Waals surface area contributed by atoms with Gasteiger partial charge in [-0.2, -0.15) is 5.10 Å². The zero-order chi connectivity index (χ0) is 16.0. The van der Waals surface area contributed by atoms with Gasteiger partial charge in [0.05, 0.1) is 11.9 Å². The van der Waals surface area contributed by atoms with Gasteiger partial charge in [-0.1, -0.05) is 17.7 Å². The molecule has 0 bridgehead atoms. The quantitative estimate of drug-likeness (QED) is 0.522. The highest BCUT2D eigenvalue weighted by atomic mass is 16.5. The van der Waals surface area contributed by atoms with Gasteiger partial charge < -0.3 is 4.74 Å². The maximum absolute atomic E-state index is 5.88. The van der Waals surface area contributed by atoms with Gasteiger partial charge in [-0.25, -0.2) is 4.98 Å². The topological polar surface area (TPSA) is 51.1 Å². The molecule has 0 spiro atoms. The Labute approximate surface area is 134 Å². The van der Waals surface area contributed by atoms with E-state index in [1.54, 1.807) is 12.4 Å². The van der Waals surface area contributed by atoms with Gasteiger partial charge in [-0.3, -0.25) is 4.90 Å². The number of rotatable bonds is 1. The van der Waals surface area contributed by atoms with Crippen LogP contribution in [0.25, 0.3) is 0 Å². The van der Waals surface area contributed by atoms with Crippen LogP contribution >= 0.6 is 0 Å². The Hall–Kier alpha value is -2.95. The number of hydrogen-bond acceptors (Lipinski definition) is 5. The number of pyridine rings is 1. The Balaban J connectivity index is 2.02. The van der Waals surface area contributed by atoms with Gasteiger partial charge in [0, 0.05) is 12.3 Å². The minimum Gasteiger partial charge on any atom is -0.433 e. The van der Waals surface area contributed by atoms with Crippen molar-refractivity contribution in [2.75, 3.05) is 4.90 Å². The molecule has 0 saturated carbocycles. The van der Waals surface area contributed by atoms with E-state index in [4.69, 9.17) is 4.74 Å². The van der Waals surface area contributed by atoms with Gasteiger partial charge in [-0.15, -0.1) is 5.10 Å². The summed E-state index contributed by atoms with van der Waals surface area (Å²) in [7, 11) is 0. The van der Waals surface area contributed by atoms with Gasteiger partial charge in [0.2, 0.25) is 11.7 Å². The van der Waals surface area contributed by atoms with E-state index in [1.807, 2.05) is 18.2 Å². The molecule has 3 aromatic rings. The van der Waals surface area contributed by atoms with Crippen LogP contribution < -0.4 is 9.64 Å². The minimum atomic E-state index is 0.576. The Kier molecular flexibility index (Phi) is 3.01. The second kappa shape index (κ2) is 5.05. The van der Waals surface area contributed by atoms with E-state index in [1.165, 1.54) is 16.7 Å². The monoisotopic (exact) mass is 304 g/mol. The summed E-state index contributed by atoms with van der Waals surface area (Å²) in [5.41, 5.74) is 5.56. The first-order valence-electron chi connectivity index (χ1n) is 7.47. The highest BCUT2D eigenvalue weighted by Gasteiger charge is 2.29. The third-order valence-electron chi connectivity index (χ3n) is 3.93. The third-order valence-corrected chi connectivity index (χ3v) is 3.93. The van der Waals surface area contributed by atoms with Crippen molar-refractivity contribution in [2.24, 2.45) is 0 Å². The summed E-state index contributed by atoms with van der Waals surface area (Å²) in [6.07, 6.45) is 3.35. The van der Waals surface area contributed by atoms with Crippen LogP contribution in [0.5, 0.6) is 11.6 Å². The summed E-state index contributed by atoms with van der Waals surface area (Å²) < 4.78 is 5.88. The Morgan fingerprint density at radius 1 is 1.00 bits per heavy atom. The molecular formula is C18H16N4O. The highest BCUT2D eigenvalue weighted by Crippen LogP contribution is 2.49. The average Bonchev–Trinajstić information content (AvgIpc) is 2.53. The Bertz CT molecular complexity index is 839. The van der Waals surface area contributed by atoms with Crippen molar-refractivity contribution in [1.82, 2.24) is 15.2 Å². The first-order valence-corrected chi connectivity index (χ1v) is 7.47. The number of benzene rings is 1. The number of hydrogen-bond donors (Lipinski definition) is 0. The minimum absolute atomic E-state index is 0.576. The lowest BCUT2D eigenvalue weighted by Gasteiger charge is -2.32. The average molecular weight is 304 g/mol. The smallest absolute Gasteiger partial charge is 0.243 e. The fourth-order valence-corrected chi connectivity index (χ4v) is 3.15. The van der Waals surface area contributed by atoms with Gasteiger partial charge in [0.1, 0.15) is 5.69 Å². The molecule has 0 radical (unpaired) electrons. The van der Waals surface area contributed by atoms with Crippen LogP contribution in [0.2, 0.25) is 0 Å². The molecule has 1 aromatic carbocycles. The Morgan fingerprint density at radius 2 is 1.78 bits per heavy atom.